The van der Waals surface area contributed by atoms with Crippen LogP contribution in [0.3, 0.4) is 0 Å². The number of hydrogen-bond donors (Lipinski definition) is 1. The van der Waals surface area contributed by atoms with Crippen LogP contribution in [-0.4, -0.2) is 9.67 Å². The highest BCUT2D eigenvalue weighted by Crippen LogP contribution is 2.20. The fraction of sp³-hybridized carbons (Fsp3) is 0.438. The minimum absolute atomic E-state index is 0.0192. The lowest BCUT2D eigenvalue weighted by molar-refractivity contribution is 0.467. The molecule has 3 nitrogen and oxygen atoms in total. The third kappa shape index (κ3) is 3.85. The molecule has 1 aromatic heterocycles. The van der Waals surface area contributed by atoms with Crippen molar-refractivity contribution in [2.45, 2.75) is 40.7 Å². The molecule has 0 radical (unpaired) electrons. The lowest BCUT2D eigenvalue weighted by Crippen LogP contribution is -2.25. The van der Waals surface area contributed by atoms with Gasteiger partial charge in [0.05, 0.1) is 6.04 Å². The van der Waals surface area contributed by atoms with Crippen molar-refractivity contribution in [2.24, 2.45) is 5.92 Å². The molecule has 19 heavy (non-hydrogen) atoms. The van der Waals surface area contributed by atoms with Crippen LogP contribution in [0.2, 0.25) is 0 Å². The molecule has 0 fully saturated rings. The van der Waals surface area contributed by atoms with Gasteiger partial charge in [0.2, 0.25) is 0 Å². The Bertz CT molecular complexity index is 550. The minimum Gasteiger partial charge on any atom is -0.508 e. The highest BCUT2D eigenvalue weighted by atomic mass is 16.3. The summed E-state index contributed by atoms with van der Waals surface area (Å²) in [4.78, 5) is 12.0. The fourth-order valence-corrected chi connectivity index (χ4v) is 2.12. The zero-order valence-electron chi connectivity index (χ0n) is 12.3. The number of aromatic hydroxyl groups is 1. The average molecular weight is 261 g/mol. The van der Waals surface area contributed by atoms with E-state index < -0.39 is 0 Å². The number of hydrogen-bond acceptors (Lipinski definition) is 2. The van der Waals surface area contributed by atoms with Crippen LogP contribution in [0.15, 0.2) is 40.7 Å². The van der Waals surface area contributed by atoms with Crippen LogP contribution < -0.4 is 5.56 Å². The van der Waals surface area contributed by atoms with Crippen molar-refractivity contribution in [3.05, 3.63) is 52.0 Å². The van der Waals surface area contributed by atoms with Gasteiger partial charge in [-0.3, -0.25) is 4.79 Å². The Labute approximate surface area is 114 Å². The van der Waals surface area contributed by atoms with Crippen LogP contribution in [0.4, 0.5) is 0 Å². The van der Waals surface area contributed by atoms with Crippen LogP contribution in [-0.2, 0) is 0 Å². The second kappa shape index (κ2) is 6.41. The third-order valence-electron chi connectivity index (χ3n) is 3.12. The maximum Gasteiger partial charge on any atom is 0.254 e. The lowest BCUT2D eigenvalue weighted by atomic mass is 10.0. The zero-order chi connectivity index (χ0) is 14.6. The number of rotatable bonds is 4. The normalized spacial score (nSPS) is 14.3. The van der Waals surface area contributed by atoms with E-state index in [4.69, 9.17) is 0 Å². The summed E-state index contributed by atoms with van der Waals surface area (Å²) in [5.74, 6) is 0.491. The van der Waals surface area contributed by atoms with Gasteiger partial charge in [0.15, 0.2) is 0 Å². The maximum atomic E-state index is 12.0. The average Bonchev–Trinajstić information content (AvgIpc) is 2.27. The monoisotopic (exact) mass is 261 g/mol. The molecule has 1 rings (SSSR count). The Balaban J connectivity index is 3.19. The van der Waals surface area contributed by atoms with Gasteiger partial charge in [-0.2, -0.15) is 0 Å². The molecule has 1 atom stereocenters. The molecule has 0 aliphatic rings. The van der Waals surface area contributed by atoms with Crippen LogP contribution in [0.25, 0.3) is 0 Å². The van der Waals surface area contributed by atoms with Crippen molar-refractivity contribution in [2.75, 3.05) is 0 Å². The predicted molar refractivity (Wildman–Crippen MR) is 79.5 cm³/mol. The number of allylic oxidation sites excluding steroid dienone is 4. The van der Waals surface area contributed by atoms with E-state index in [0.717, 1.165) is 11.3 Å². The molecule has 1 aromatic rings. The zero-order valence-corrected chi connectivity index (χ0v) is 12.3. The Morgan fingerprint density at radius 1 is 1.32 bits per heavy atom. The summed E-state index contributed by atoms with van der Waals surface area (Å²) < 4.78 is 1.69. The summed E-state index contributed by atoms with van der Waals surface area (Å²) in [6.45, 7) is 10.0. The van der Waals surface area contributed by atoms with Crippen molar-refractivity contribution in [1.29, 1.82) is 0 Å². The first-order valence-corrected chi connectivity index (χ1v) is 6.63. The van der Waals surface area contributed by atoms with Gasteiger partial charge in [-0.05, 0) is 38.3 Å². The second-order valence-corrected chi connectivity index (χ2v) is 5.13. The van der Waals surface area contributed by atoms with Gasteiger partial charge in [0.25, 0.3) is 5.56 Å². The van der Waals surface area contributed by atoms with E-state index in [9.17, 15) is 9.90 Å². The van der Waals surface area contributed by atoms with Crippen molar-refractivity contribution in [3.8, 4) is 5.75 Å². The molecule has 1 heterocycles. The molecule has 0 aliphatic heterocycles. The van der Waals surface area contributed by atoms with Crippen LogP contribution in [0, 0.1) is 12.8 Å². The molecule has 0 spiro atoms. The van der Waals surface area contributed by atoms with Crippen LogP contribution in [0.1, 0.15) is 39.4 Å². The first-order chi connectivity index (χ1) is 8.86. The van der Waals surface area contributed by atoms with Gasteiger partial charge in [0, 0.05) is 11.8 Å². The maximum absolute atomic E-state index is 12.0. The molecule has 0 bridgehead atoms. The van der Waals surface area contributed by atoms with Gasteiger partial charge < -0.3 is 9.67 Å². The van der Waals surface area contributed by atoms with E-state index in [-0.39, 0.29) is 17.4 Å². The number of aryl methyl sites for hydroxylation is 1. The topological polar surface area (TPSA) is 42.2 Å². The Hall–Kier alpha value is -1.77. The van der Waals surface area contributed by atoms with Crippen molar-refractivity contribution in [3.63, 3.8) is 0 Å². The van der Waals surface area contributed by atoms with Crippen LogP contribution >= 0.6 is 0 Å². The Morgan fingerprint density at radius 2 is 1.95 bits per heavy atom. The molecule has 0 saturated heterocycles. The highest BCUT2D eigenvalue weighted by Gasteiger charge is 2.12. The lowest BCUT2D eigenvalue weighted by Gasteiger charge is -2.19. The standard InChI is InChI=1S/C16H23NO2/c1-6-14(8-7-11(2)3)13(5)17-12(4)9-15(18)10-16(17)19/h6-11,13,18H,1-5H3/b8-7-,14-6+. The van der Waals surface area contributed by atoms with Gasteiger partial charge in [-0.1, -0.05) is 32.1 Å². The molecule has 104 valence electrons. The van der Waals surface area contributed by atoms with E-state index in [1.165, 1.54) is 6.07 Å². The van der Waals surface area contributed by atoms with Crippen molar-refractivity contribution >= 4 is 0 Å². The smallest absolute Gasteiger partial charge is 0.254 e. The summed E-state index contributed by atoms with van der Waals surface area (Å²) in [7, 11) is 0. The van der Waals surface area contributed by atoms with Crippen LogP contribution in [0.5, 0.6) is 5.75 Å². The number of nitrogens with zero attached hydrogens (tertiary/aromatic N) is 1. The van der Waals surface area contributed by atoms with Crippen molar-refractivity contribution in [1.82, 2.24) is 4.57 Å². The Kier molecular flexibility index (Phi) is 5.16. The van der Waals surface area contributed by atoms with Gasteiger partial charge in [-0.25, -0.2) is 0 Å². The first kappa shape index (κ1) is 15.3. The largest absolute Gasteiger partial charge is 0.508 e. The SMILES string of the molecule is C/C=C(\C=C/C(C)C)C(C)n1c(C)cc(O)cc1=O. The van der Waals surface area contributed by atoms with E-state index in [1.54, 1.807) is 10.6 Å². The third-order valence-corrected chi connectivity index (χ3v) is 3.12. The molecule has 1 unspecified atom stereocenters. The summed E-state index contributed by atoms with van der Waals surface area (Å²) in [6, 6.07) is 2.81. The summed E-state index contributed by atoms with van der Waals surface area (Å²) in [5, 5.41) is 9.43. The van der Waals surface area contributed by atoms with E-state index in [0.29, 0.717) is 5.92 Å². The fourth-order valence-electron chi connectivity index (χ4n) is 2.12. The highest BCUT2D eigenvalue weighted by molar-refractivity contribution is 5.27. The summed E-state index contributed by atoms with van der Waals surface area (Å²) in [5.41, 5.74) is 1.67. The quantitative estimate of drug-likeness (QED) is 0.842. The predicted octanol–water partition coefficient (Wildman–Crippen LogP) is 3.58. The molecule has 1 N–H and O–H groups in total. The Morgan fingerprint density at radius 3 is 2.42 bits per heavy atom. The molecule has 3 heteroatoms. The molecular weight excluding hydrogens is 238 g/mol. The number of pyridine rings is 1. The second-order valence-electron chi connectivity index (χ2n) is 5.13. The van der Waals surface area contributed by atoms with Gasteiger partial charge >= 0.3 is 0 Å². The first-order valence-electron chi connectivity index (χ1n) is 6.63. The number of aromatic nitrogens is 1. The molecule has 0 amide bonds. The van der Waals surface area contributed by atoms with Gasteiger partial charge in [0.1, 0.15) is 5.75 Å². The van der Waals surface area contributed by atoms with Gasteiger partial charge in [-0.15, -0.1) is 0 Å². The molecular formula is C16H23NO2. The minimum atomic E-state index is -0.178. The van der Waals surface area contributed by atoms with Crippen molar-refractivity contribution < 1.29 is 5.11 Å². The van der Waals surface area contributed by atoms with E-state index in [1.807, 2.05) is 26.8 Å². The van der Waals surface area contributed by atoms with E-state index >= 15 is 0 Å². The summed E-state index contributed by atoms with van der Waals surface area (Å²) >= 11 is 0. The molecule has 0 aliphatic carbocycles. The summed E-state index contributed by atoms with van der Waals surface area (Å²) in [6.07, 6.45) is 6.20. The van der Waals surface area contributed by atoms with E-state index in [2.05, 4.69) is 26.0 Å². The molecule has 0 saturated carbocycles. The molecule has 0 aromatic carbocycles.